The molecule has 2 N–H and O–H groups in total. The van der Waals surface area contributed by atoms with Gasteiger partial charge in [-0.1, -0.05) is 48.5 Å². The van der Waals surface area contributed by atoms with E-state index in [0.717, 1.165) is 40.1 Å². The number of methoxy groups -OCH3 is 1. The summed E-state index contributed by atoms with van der Waals surface area (Å²) in [5, 5.41) is 19.5. The summed E-state index contributed by atoms with van der Waals surface area (Å²) in [5.41, 5.74) is 3.51. The fourth-order valence-corrected chi connectivity index (χ4v) is 3.28. The lowest BCUT2D eigenvalue weighted by atomic mass is 10.0. The van der Waals surface area contributed by atoms with Crippen molar-refractivity contribution in [1.29, 1.82) is 0 Å². The van der Waals surface area contributed by atoms with E-state index in [-0.39, 0.29) is 16.5 Å². The fourth-order valence-electron chi connectivity index (χ4n) is 2.54. The highest BCUT2D eigenvalue weighted by molar-refractivity contribution is 8.18. The number of esters is 1. The quantitative estimate of drug-likeness (QED) is 0.319. The van der Waals surface area contributed by atoms with Gasteiger partial charge in [-0.05, 0) is 34.0 Å². The Kier molecular flexibility index (Phi) is 6.76. The van der Waals surface area contributed by atoms with Gasteiger partial charge in [0.05, 0.1) is 24.7 Å². The average molecular weight is 423 g/mol. The van der Waals surface area contributed by atoms with Crippen molar-refractivity contribution in [2.24, 2.45) is 10.2 Å². The van der Waals surface area contributed by atoms with Crippen LogP contribution in [-0.4, -0.2) is 41.4 Å². The molecule has 0 unspecified atom stereocenters. The number of carbonyl (C=O) groups is 3. The van der Waals surface area contributed by atoms with Gasteiger partial charge in [0.2, 0.25) is 0 Å². The number of ether oxygens (including phenoxy) is 1. The molecule has 0 aromatic heterocycles. The Bertz CT molecular complexity index is 1060. The van der Waals surface area contributed by atoms with Gasteiger partial charge in [-0.15, -0.1) is 5.10 Å². The summed E-state index contributed by atoms with van der Waals surface area (Å²) in [4.78, 5) is 33.9. The number of nitrogens with zero attached hydrogens (tertiary/aromatic N) is 2. The second kappa shape index (κ2) is 9.66. The summed E-state index contributed by atoms with van der Waals surface area (Å²) in [6.45, 7) is 0. The fraction of sp³-hybridized carbons (Fsp3) is 0.0952. The van der Waals surface area contributed by atoms with E-state index in [2.05, 4.69) is 20.3 Å². The molecule has 3 rings (SSSR count). The van der Waals surface area contributed by atoms with Crippen LogP contribution in [0.15, 0.2) is 69.7 Å². The maximum atomic E-state index is 11.7. The van der Waals surface area contributed by atoms with E-state index in [1.54, 1.807) is 18.3 Å². The Balaban J connectivity index is 1.63. The number of aliphatic carboxylic acids is 1. The van der Waals surface area contributed by atoms with E-state index >= 15 is 0 Å². The van der Waals surface area contributed by atoms with Crippen molar-refractivity contribution in [1.82, 2.24) is 5.32 Å². The molecule has 0 spiro atoms. The number of amides is 1. The zero-order valence-electron chi connectivity index (χ0n) is 15.9. The van der Waals surface area contributed by atoms with Crippen LogP contribution in [0.25, 0.3) is 11.1 Å². The summed E-state index contributed by atoms with van der Waals surface area (Å²) in [6.07, 6.45) is 2.64. The minimum atomic E-state index is -0.860. The molecule has 0 atom stereocenters. The van der Waals surface area contributed by atoms with Crippen LogP contribution in [0.1, 0.15) is 11.1 Å². The van der Waals surface area contributed by atoms with Crippen molar-refractivity contribution < 1.29 is 24.2 Å². The van der Waals surface area contributed by atoms with Gasteiger partial charge >= 0.3 is 11.9 Å². The summed E-state index contributed by atoms with van der Waals surface area (Å²) in [5.74, 6) is -1.91. The number of carbonyl (C=O) groups excluding carboxylic acids is 2. The zero-order valence-corrected chi connectivity index (χ0v) is 16.7. The first-order valence-corrected chi connectivity index (χ1v) is 9.57. The van der Waals surface area contributed by atoms with Gasteiger partial charge in [0, 0.05) is 6.08 Å². The molecule has 0 aliphatic carbocycles. The van der Waals surface area contributed by atoms with Gasteiger partial charge in [0.1, 0.15) is 0 Å². The standard InChI is InChI=1S/C21H17N3O5S/c1-29-19(27)11-17-20(28)23-21(30-17)24-22-12-14-4-8-16(9-5-14)15-6-2-13(3-7-15)10-18(25)26/h2-9,11-12H,10H2,1H3,(H,25,26)(H,23,24,28)/b17-11+,22-12?. The molecule has 8 nitrogen and oxygen atoms in total. The molecule has 1 saturated heterocycles. The molecular weight excluding hydrogens is 406 g/mol. The number of amidine groups is 1. The molecule has 152 valence electrons. The highest BCUT2D eigenvalue weighted by Crippen LogP contribution is 2.23. The van der Waals surface area contributed by atoms with Gasteiger partial charge in [0.15, 0.2) is 5.17 Å². The van der Waals surface area contributed by atoms with Gasteiger partial charge in [0.25, 0.3) is 5.91 Å². The van der Waals surface area contributed by atoms with E-state index in [0.29, 0.717) is 0 Å². The van der Waals surface area contributed by atoms with E-state index < -0.39 is 17.8 Å². The van der Waals surface area contributed by atoms with Gasteiger partial charge in [-0.25, -0.2) is 4.79 Å². The Labute approximate surface area is 176 Å². The Morgan fingerprint density at radius 2 is 1.73 bits per heavy atom. The maximum absolute atomic E-state index is 11.7. The van der Waals surface area contributed by atoms with E-state index in [9.17, 15) is 14.4 Å². The van der Waals surface area contributed by atoms with Crippen molar-refractivity contribution in [3.05, 3.63) is 70.6 Å². The van der Waals surface area contributed by atoms with Crippen molar-refractivity contribution in [3.8, 4) is 11.1 Å². The monoisotopic (exact) mass is 423 g/mol. The molecule has 1 amide bonds. The number of thioether (sulfide) groups is 1. The lowest BCUT2D eigenvalue weighted by Gasteiger charge is -2.04. The minimum Gasteiger partial charge on any atom is -0.481 e. The van der Waals surface area contributed by atoms with Crippen molar-refractivity contribution in [2.45, 2.75) is 6.42 Å². The molecule has 2 aromatic carbocycles. The molecule has 0 bridgehead atoms. The third-order valence-electron chi connectivity index (χ3n) is 4.01. The molecule has 1 aliphatic heterocycles. The third kappa shape index (κ3) is 5.65. The number of carboxylic acids is 1. The summed E-state index contributed by atoms with van der Waals surface area (Å²) < 4.78 is 4.50. The molecular formula is C21H17N3O5S. The predicted octanol–water partition coefficient (Wildman–Crippen LogP) is 2.59. The number of rotatable bonds is 6. The van der Waals surface area contributed by atoms with Crippen LogP contribution in [0.5, 0.6) is 0 Å². The number of hydrogen-bond donors (Lipinski definition) is 2. The lowest BCUT2D eigenvalue weighted by molar-refractivity contribution is -0.136. The van der Waals surface area contributed by atoms with Crippen LogP contribution in [0.3, 0.4) is 0 Å². The average Bonchev–Trinajstić information content (AvgIpc) is 3.07. The number of nitrogens with one attached hydrogen (secondary N) is 1. The lowest BCUT2D eigenvalue weighted by Crippen LogP contribution is -2.19. The third-order valence-corrected chi connectivity index (χ3v) is 4.91. The molecule has 1 aliphatic rings. The van der Waals surface area contributed by atoms with Crippen LogP contribution in [0.4, 0.5) is 0 Å². The smallest absolute Gasteiger partial charge is 0.331 e. The summed E-state index contributed by atoms with van der Waals surface area (Å²) in [7, 11) is 1.23. The van der Waals surface area contributed by atoms with E-state index in [1.165, 1.54) is 7.11 Å². The number of hydrogen-bond acceptors (Lipinski definition) is 7. The van der Waals surface area contributed by atoms with Crippen molar-refractivity contribution in [2.75, 3.05) is 7.11 Å². The molecule has 1 heterocycles. The first kappa shape index (κ1) is 21.0. The maximum Gasteiger partial charge on any atom is 0.331 e. The Morgan fingerprint density at radius 1 is 1.10 bits per heavy atom. The largest absolute Gasteiger partial charge is 0.481 e. The molecule has 0 radical (unpaired) electrons. The first-order chi connectivity index (χ1) is 14.4. The Hall–Kier alpha value is -3.72. The van der Waals surface area contributed by atoms with Crippen LogP contribution in [0.2, 0.25) is 0 Å². The van der Waals surface area contributed by atoms with E-state index in [4.69, 9.17) is 5.11 Å². The van der Waals surface area contributed by atoms with Crippen LogP contribution in [0, 0.1) is 0 Å². The van der Waals surface area contributed by atoms with Crippen molar-refractivity contribution in [3.63, 3.8) is 0 Å². The van der Waals surface area contributed by atoms with Crippen LogP contribution < -0.4 is 5.32 Å². The molecule has 9 heteroatoms. The van der Waals surface area contributed by atoms with Gasteiger partial charge < -0.3 is 9.84 Å². The summed E-state index contributed by atoms with van der Waals surface area (Å²) >= 11 is 1.00. The van der Waals surface area contributed by atoms with Gasteiger partial charge in [-0.2, -0.15) is 5.10 Å². The summed E-state index contributed by atoms with van der Waals surface area (Å²) in [6, 6.07) is 14.9. The SMILES string of the molecule is COC(=O)/C=C1/S/C(=N\N=Cc2ccc(-c3ccc(CC(=O)O)cc3)cc2)NC1=O. The highest BCUT2D eigenvalue weighted by atomic mass is 32.2. The second-order valence-corrected chi connectivity index (χ2v) is 7.16. The van der Waals surface area contributed by atoms with Crippen LogP contribution in [-0.2, 0) is 25.5 Å². The Morgan fingerprint density at radius 3 is 2.33 bits per heavy atom. The predicted molar refractivity (Wildman–Crippen MR) is 114 cm³/mol. The zero-order chi connectivity index (χ0) is 21.5. The first-order valence-electron chi connectivity index (χ1n) is 8.75. The molecule has 2 aromatic rings. The highest BCUT2D eigenvalue weighted by Gasteiger charge is 2.24. The molecule has 1 fully saturated rings. The van der Waals surface area contributed by atoms with Gasteiger partial charge in [-0.3, -0.25) is 14.9 Å². The van der Waals surface area contributed by atoms with E-state index in [1.807, 2.05) is 36.4 Å². The van der Waals surface area contributed by atoms with Crippen molar-refractivity contribution >= 4 is 41.0 Å². The number of carboxylic acid groups (broad SMARTS) is 1. The second-order valence-electron chi connectivity index (χ2n) is 6.13. The molecule has 30 heavy (non-hydrogen) atoms. The molecule has 0 saturated carbocycles. The normalized spacial score (nSPS) is 16.2. The number of benzene rings is 2. The topological polar surface area (TPSA) is 117 Å². The minimum absolute atomic E-state index is 0.00307. The van der Waals surface area contributed by atoms with Crippen LogP contribution >= 0.6 is 11.8 Å².